The fraction of sp³-hybridized carbons (Fsp3) is 0.292. The number of carbonyl (C=O) groups excluding carboxylic acids is 2. The quantitative estimate of drug-likeness (QED) is 0.518. The maximum absolute atomic E-state index is 13.0. The van der Waals surface area contributed by atoms with Gasteiger partial charge in [0.15, 0.2) is 5.78 Å². The molecule has 0 saturated carbocycles. The van der Waals surface area contributed by atoms with Crippen LogP contribution in [0.5, 0.6) is 0 Å². The molecule has 0 atom stereocenters. The molecule has 3 aromatic rings. The first-order valence-corrected chi connectivity index (χ1v) is 11.1. The first kappa shape index (κ1) is 21.3. The van der Waals surface area contributed by atoms with Gasteiger partial charge in [-0.3, -0.25) is 9.59 Å². The van der Waals surface area contributed by atoms with Crippen LogP contribution < -0.4 is 4.90 Å². The van der Waals surface area contributed by atoms with E-state index < -0.39 is 0 Å². The highest BCUT2D eigenvalue weighted by Gasteiger charge is 2.22. The molecule has 0 N–H and O–H groups in total. The van der Waals surface area contributed by atoms with Crippen molar-refractivity contribution in [2.75, 3.05) is 31.1 Å². The van der Waals surface area contributed by atoms with Crippen molar-refractivity contribution in [3.8, 4) is 5.69 Å². The topological polar surface area (TPSA) is 58.4 Å². The van der Waals surface area contributed by atoms with Crippen LogP contribution in [-0.2, 0) is 0 Å². The Labute approximate surface area is 190 Å². The molecule has 4 rings (SSSR count). The van der Waals surface area contributed by atoms with Crippen molar-refractivity contribution in [1.82, 2.24) is 14.7 Å². The van der Waals surface area contributed by atoms with Gasteiger partial charge < -0.3 is 9.80 Å². The van der Waals surface area contributed by atoms with Gasteiger partial charge in [-0.05, 0) is 85.2 Å². The molecule has 1 aliphatic heterocycles. The summed E-state index contributed by atoms with van der Waals surface area (Å²) in [4.78, 5) is 28.6. The molecule has 1 fully saturated rings. The lowest BCUT2D eigenvalue weighted by Crippen LogP contribution is -2.48. The monoisotopic (exact) mass is 480 g/mol. The van der Waals surface area contributed by atoms with Crippen molar-refractivity contribution in [3.05, 3.63) is 75.5 Å². The molecule has 0 spiro atoms. The summed E-state index contributed by atoms with van der Waals surface area (Å²) in [6, 6.07) is 15.3. The van der Waals surface area contributed by atoms with Crippen molar-refractivity contribution >= 4 is 33.3 Å². The van der Waals surface area contributed by atoms with Crippen molar-refractivity contribution in [2.24, 2.45) is 0 Å². The molecule has 6 nitrogen and oxygen atoms in total. The lowest BCUT2D eigenvalue weighted by molar-refractivity contribution is 0.0746. The Morgan fingerprint density at radius 3 is 1.90 bits per heavy atom. The van der Waals surface area contributed by atoms with Gasteiger partial charge in [0, 0.05) is 43.0 Å². The van der Waals surface area contributed by atoms with Gasteiger partial charge in [-0.2, -0.15) is 5.10 Å². The van der Waals surface area contributed by atoms with Gasteiger partial charge in [0.05, 0.1) is 21.5 Å². The van der Waals surface area contributed by atoms with Crippen molar-refractivity contribution in [1.29, 1.82) is 0 Å². The minimum absolute atomic E-state index is 0.0488. The number of ketones is 1. The smallest absolute Gasteiger partial charge is 0.253 e. The van der Waals surface area contributed by atoms with Crippen LogP contribution in [0.2, 0.25) is 0 Å². The van der Waals surface area contributed by atoms with E-state index >= 15 is 0 Å². The molecule has 0 bridgehead atoms. The van der Waals surface area contributed by atoms with E-state index in [0.29, 0.717) is 24.2 Å². The van der Waals surface area contributed by atoms with Crippen LogP contribution in [0.3, 0.4) is 0 Å². The molecule has 160 valence electrons. The molecule has 0 radical (unpaired) electrons. The number of piperazine rings is 1. The normalized spacial score (nSPS) is 14.1. The van der Waals surface area contributed by atoms with Gasteiger partial charge in [0.1, 0.15) is 0 Å². The van der Waals surface area contributed by atoms with E-state index in [9.17, 15) is 9.59 Å². The Morgan fingerprint density at radius 2 is 1.39 bits per heavy atom. The maximum Gasteiger partial charge on any atom is 0.253 e. The van der Waals surface area contributed by atoms with E-state index in [1.165, 1.54) is 0 Å². The molecule has 1 aromatic heterocycles. The molecular formula is C24H25BrN4O2. The Bertz CT molecular complexity index is 1110. The number of aryl methyl sites for hydroxylation is 1. The Hall–Kier alpha value is -2.93. The van der Waals surface area contributed by atoms with E-state index in [4.69, 9.17) is 0 Å². The molecule has 1 amide bonds. The Kier molecular flexibility index (Phi) is 5.96. The summed E-state index contributed by atoms with van der Waals surface area (Å²) in [5, 5.41) is 4.55. The number of carbonyl (C=O) groups is 2. The molecular weight excluding hydrogens is 456 g/mol. The number of halogens is 1. The summed E-state index contributed by atoms with van der Waals surface area (Å²) >= 11 is 3.56. The molecule has 31 heavy (non-hydrogen) atoms. The van der Waals surface area contributed by atoms with Gasteiger partial charge in [-0.15, -0.1) is 0 Å². The number of rotatable bonds is 4. The largest absolute Gasteiger partial charge is 0.368 e. The Balaban J connectivity index is 1.40. The molecule has 2 heterocycles. The predicted octanol–water partition coefficient (Wildman–Crippen LogP) is 4.42. The molecule has 1 aliphatic rings. The van der Waals surface area contributed by atoms with Gasteiger partial charge >= 0.3 is 0 Å². The summed E-state index contributed by atoms with van der Waals surface area (Å²) in [7, 11) is 0. The number of hydrogen-bond donors (Lipinski definition) is 0. The standard InChI is InChI=1S/C24H25BrN4O2/c1-16-23(25)17(2)29(26-16)22-10-6-20(7-11-22)24(31)28-14-12-27(13-15-28)21-8-4-19(5-9-21)18(3)30/h4-11H,12-15H2,1-3H3. The second-order valence-corrected chi connectivity index (χ2v) is 8.62. The highest BCUT2D eigenvalue weighted by Crippen LogP contribution is 2.24. The lowest BCUT2D eigenvalue weighted by Gasteiger charge is -2.36. The third kappa shape index (κ3) is 4.28. The van der Waals surface area contributed by atoms with E-state index in [0.717, 1.165) is 40.3 Å². The number of nitrogens with zero attached hydrogens (tertiary/aromatic N) is 4. The first-order valence-electron chi connectivity index (χ1n) is 10.3. The van der Waals surface area contributed by atoms with Crippen LogP contribution in [0.15, 0.2) is 53.0 Å². The SMILES string of the molecule is CC(=O)c1ccc(N2CCN(C(=O)c3ccc(-n4nc(C)c(Br)c4C)cc3)CC2)cc1. The van der Waals surface area contributed by atoms with Crippen LogP contribution in [0.1, 0.15) is 39.0 Å². The average molecular weight is 481 g/mol. The second kappa shape index (κ2) is 8.67. The predicted molar refractivity (Wildman–Crippen MR) is 125 cm³/mol. The third-order valence-electron chi connectivity index (χ3n) is 5.77. The number of Topliss-reactive ketones (excluding diaryl/α,β-unsaturated/α-hetero) is 1. The first-order chi connectivity index (χ1) is 14.8. The van der Waals surface area contributed by atoms with Crippen molar-refractivity contribution in [3.63, 3.8) is 0 Å². The van der Waals surface area contributed by atoms with Gasteiger partial charge in [0.25, 0.3) is 5.91 Å². The van der Waals surface area contributed by atoms with Crippen LogP contribution in [0.25, 0.3) is 5.69 Å². The molecule has 2 aromatic carbocycles. The summed E-state index contributed by atoms with van der Waals surface area (Å²) in [6.45, 7) is 8.41. The molecule has 0 aliphatic carbocycles. The number of amides is 1. The van der Waals surface area contributed by atoms with Gasteiger partial charge in [-0.25, -0.2) is 4.68 Å². The van der Waals surface area contributed by atoms with Crippen LogP contribution in [-0.4, -0.2) is 52.5 Å². The lowest BCUT2D eigenvalue weighted by atomic mass is 10.1. The number of aromatic nitrogens is 2. The fourth-order valence-electron chi connectivity index (χ4n) is 3.88. The Morgan fingerprint density at radius 1 is 0.839 bits per heavy atom. The molecule has 7 heteroatoms. The van der Waals surface area contributed by atoms with Crippen LogP contribution >= 0.6 is 15.9 Å². The number of benzene rings is 2. The highest BCUT2D eigenvalue weighted by atomic mass is 79.9. The zero-order valence-corrected chi connectivity index (χ0v) is 19.5. The number of hydrogen-bond acceptors (Lipinski definition) is 4. The van der Waals surface area contributed by atoms with Gasteiger partial charge in [0.2, 0.25) is 0 Å². The fourth-order valence-corrected chi connectivity index (χ4v) is 4.12. The zero-order valence-electron chi connectivity index (χ0n) is 17.9. The van der Waals surface area contributed by atoms with Crippen LogP contribution in [0.4, 0.5) is 5.69 Å². The summed E-state index contributed by atoms with van der Waals surface area (Å²) in [5.41, 5.74) is 5.38. The minimum atomic E-state index is 0.0488. The summed E-state index contributed by atoms with van der Waals surface area (Å²) in [6.07, 6.45) is 0. The molecule has 1 saturated heterocycles. The highest BCUT2D eigenvalue weighted by molar-refractivity contribution is 9.10. The zero-order chi connectivity index (χ0) is 22.1. The maximum atomic E-state index is 13.0. The van der Waals surface area contributed by atoms with E-state index in [1.54, 1.807) is 6.92 Å². The van der Waals surface area contributed by atoms with E-state index in [1.807, 2.05) is 72.0 Å². The van der Waals surface area contributed by atoms with E-state index in [-0.39, 0.29) is 11.7 Å². The minimum Gasteiger partial charge on any atom is -0.368 e. The van der Waals surface area contributed by atoms with Crippen molar-refractivity contribution < 1.29 is 9.59 Å². The summed E-state index contributed by atoms with van der Waals surface area (Å²) < 4.78 is 2.88. The average Bonchev–Trinajstić information content (AvgIpc) is 3.06. The third-order valence-corrected chi connectivity index (χ3v) is 6.92. The number of anilines is 1. The van der Waals surface area contributed by atoms with E-state index in [2.05, 4.69) is 25.9 Å². The second-order valence-electron chi connectivity index (χ2n) is 7.83. The van der Waals surface area contributed by atoms with Crippen molar-refractivity contribution in [2.45, 2.75) is 20.8 Å². The molecule has 0 unspecified atom stereocenters. The van der Waals surface area contributed by atoms with Crippen LogP contribution in [0, 0.1) is 13.8 Å². The van der Waals surface area contributed by atoms with Gasteiger partial charge in [-0.1, -0.05) is 0 Å². The summed E-state index contributed by atoms with van der Waals surface area (Å²) in [5.74, 6) is 0.117.